The van der Waals surface area contributed by atoms with Crippen LogP contribution in [-0.4, -0.2) is 117 Å². The zero-order valence-corrected chi connectivity index (χ0v) is 52.9. The molecule has 0 aliphatic rings. The molecular formula is C35H33N10Na5O17S5. The van der Waals surface area contributed by atoms with Crippen LogP contribution in [0.15, 0.2) is 130 Å². The summed E-state index contributed by atoms with van der Waals surface area (Å²) < 4.78 is 182. The predicted molar refractivity (Wildman–Crippen MR) is 224 cm³/mol. The van der Waals surface area contributed by atoms with Crippen LogP contribution in [-0.2, 0) is 50.6 Å². The number of ether oxygens (including phenoxy) is 2. The summed E-state index contributed by atoms with van der Waals surface area (Å²) >= 11 is 0. The number of hydrogen-bond acceptors (Lipinski definition) is 24. The van der Waals surface area contributed by atoms with Gasteiger partial charge in [0.2, 0.25) is 16.9 Å². The standard InChI is InChI=1S/C35H38N10O17S5.5Na/c46-63(47,48)16-3-14-61-31-21-25(44-42-23-5-1-7-27(19-23)66(55,56)57)9-11-29(31)37-34-39-33(36-13-18-65(52,53)54)40-35(41-34)38-30-12-10-26(22-32(30)62-15-4-17-64(49,50)51)45-43-24-6-2-8-28(20-24)67(58,59)60;;;;;/h1-2,5-12,19-22H,3-4,13-18H2,(H,46,47,48)(H,49,50,51)(H,52,53,54)(H,55,56,57)(H,58,59,60)(H3,36,37,38,39,40,41);;;;;/q;5*+1/p-5. The molecule has 0 atom stereocenters. The molecule has 72 heavy (non-hydrogen) atoms. The molecule has 5 rings (SSSR count). The largest absolute Gasteiger partial charge is 1.00 e. The van der Waals surface area contributed by atoms with E-state index in [9.17, 15) is 64.9 Å². The van der Waals surface area contributed by atoms with E-state index >= 15 is 0 Å². The van der Waals surface area contributed by atoms with Gasteiger partial charge in [0.15, 0.2) is 0 Å². The summed E-state index contributed by atoms with van der Waals surface area (Å²) in [6, 6.07) is 17.4. The topological polar surface area (TPSA) is 438 Å². The Morgan fingerprint density at radius 1 is 0.431 bits per heavy atom. The maximum atomic E-state index is 11.5. The third-order valence-corrected chi connectivity index (χ3v) is 12.0. The van der Waals surface area contributed by atoms with Crippen LogP contribution in [0, 0.1) is 0 Å². The van der Waals surface area contributed by atoms with Gasteiger partial charge in [-0.3, -0.25) is 19.9 Å². The van der Waals surface area contributed by atoms with Crippen molar-refractivity contribution in [3.05, 3.63) is 102 Å². The summed E-state index contributed by atoms with van der Waals surface area (Å²) in [6.45, 7) is -1.22. The van der Waals surface area contributed by atoms with Crippen LogP contribution in [0.25, 0.3) is 0 Å². The van der Waals surface area contributed by atoms with Crippen LogP contribution in [0.4, 0.5) is 34.1 Å². The van der Waals surface area contributed by atoms with E-state index in [1.165, 1.54) is 60.7 Å². The molecule has 0 unspecified atom stereocenters. The van der Waals surface area contributed by atoms with Crippen LogP contribution in [0.1, 0.15) is 12.8 Å². The molecule has 0 aliphatic heterocycles. The van der Waals surface area contributed by atoms with Gasteiger partial charge in [0, 0.05) is 23.6 Å². The van der Waals surface area contributed by atoms with E-state index in [0.717, 1.165) is 24.3 Å². The van der Waals surface area contributed by atoms with Gasteiger partial charge < -0.3 is 32.2 Å². The molecular weight excluding hydrogens is 1110 g/mol. The Bertz CT molecular complexity index is 3300. The van der Waals surface area contributed by atoms with E-state index in [1.54, 1.807) is 0 Å². The zero-order chi connectivity index (χ0) is 49.0. The number of nitrogens with zero attached hydrogens (tertiary/aromatic N) is 7. The van der Waals surface area contributed by atoms with Crippen LogP contribution < -0.4 is 174 Å². The molecule has 0 saturated carbocycles. The molecule has 0 saturated heterocycles. The Morgan fingerprint density at radius 2 is 0.778 bits per heavy atom. The number of hydrogen-bond donors (Lipinski definition) is 3. The van der Waals surface area contributed by atoms with Gasteiger partial charge in [-0.2, -0.15) is 20.5 Å². The number of aromatic nitrogens is 3. The van der Waals surface area contributed by atoms with Crippen molar-refractivity contribution in [2.75, 3.05) is 37.0 Å². The molecule has 1 aromatic heterocycles. The summed E-state index contributed by atoms with van der Waals surface area (Å²) in [5.74, 6) is -2.64. The monoisotopic (exact) mass is 1140 g/mol. The fraction of sp³-hybridized carbons (Fsp3) is 0.229. The van der Waals surface area contributed by atoms with Gasteiger partial charge in [-0.05, 0) is 73.5 Å². The molecule has 0 fully saturated rings. The first-order valence-electron chi connectivity index (χ1n) is 18.6. The molecule has 27 nitrogen and oxygen atoms in total. The molecule has 1 heterocycles. The van der Waals surface area contributed by atoms with E-state index in [-0.39, 0.29) is 236 Å². The fourth-order valence-electron chi connectivity index (χ4n) is 5.15. The van der Waals surface area contributed by atoms with Gasteiger partial charge in [-0.25, -0.2) is 52.1 Å². The van der Waals surface area contributed by atoms with Crippen molar-refractivity contribution in [3.63, 3.8) is 0 Å². The summed E-state index contributed by atoms with van der Waals surface area (Å²) in [4.78, 5) is 20.1. The Labute approximate surface area is 522 Å². The van der Waals surface area contributed by atoms with Crippen molar-refractivity contribution >= 4 is 84.7 Å². The minimum Gasteiger partial charge on any atom is -0.748 e. The van der Waals surface area contributed by atoms with Gasteiger partial charge >= 0.3 is 148 Å². The van der Waals surface area contributed by atoms with Crippen molar-refractivity contribution in [2.45, 2.75) is 22.6 Å². The Kier molecular flexibility index (Phi) is 31.2. The SMILES string of the molecule is O=S(=O)([O-])CCCOc1cc(N=Nc2cccc(S(=O)(=O)[O-])c2)ccc1N=c1[nH]c(=NCCS(=O)(=O)[O-])[nH]c(=Nc2ccc(N=Nc3cccc(S(=O)(=O)[O-])c3)cc2OCCCS(=O)(=O)[O-])[nH]1.[Na+].[Na+].[Na+].[Na+].[Na+]. The van der Waals surface area contributed by atoms with Crippen LogP contribution in [0.3, 0.4) is 0 Å². The minimum absolute atomic E-state index is 0. The molecule has 3 N–H and O–H groups in total. The summed E-state index contributed by atoms with van der Waals surface area (Å²) in [5.41, 5.74) is -0.505. The van der Waals surface area contributed by atoms with E-state index in [0.29, 0.717) is 0 Å². The number of azo groups is 2. The zero-order valence-electron chi connectivity index (χ0n) is 38.9. The number of benzene rings is 4. The van der Waals surface area contributed by atoms with Crippen LogP contribution >= 0.6 is 0 Å². The molecule has 0 bridgehead atoms. The third kappa shape index (κ3) is 26.1. The maximum Gasteiger partial charge on any atom is 1.00 e. The first kappa shape index (κ1) is 70.6. The molecule has 37 heteroatoms. The quantitative estimate of drug-likeness (QED) is 0.0266. The molecule has 4 aromatic carbocycles. The van der Waals surface area contributed by atoms with Gasteiger partial charge in [0.25, 0.3) is 0 Å². The molecule has 360 valence electrons. The second-order valence-corrected chi connectivity index (χ2v) is 20.7. The predicted octanol–water partition coefficient (Wildman–Crippen LogP) is -13.1. The third-order valence-electron chi connectivity index (χ3n) is 8.04. The molecule has 0 radical (unpaired) electrons. The Hall–Kier alpha value is -1.36. The average Bonchev–Trinajstić information content (AvgIpc) is 3.22. The van der Waals surface area contributed by atoms with E-state index < -0.39 is 84.2 Å². The molecule has 0 amide bonds. The minimum atomic E-state index is -4.81. The van der Waals surface area contributed by atoms with Crippen molar-refractivity contribution in [1.29, 1.82) is 0 Å². The molecule has 5 aromatic rings. The van der Waals surface area contributed by atoms with Gasteiger partial charge in [-0.1, -0.05) is 12.1 Å². The van der Waals surface area contributed by atoms with Crippen LogP contribution in [0.2, 0.25) is 0 Å². The number of aromatic amines is 3. The van der Waals surface area contributed by atoms with Crippen molar-refractivity contribution in [3.8, 4) is 11.5 Å². The Balaban J connectivity index is 0.0000101. The summed E-state index contributed by atoms with van der Waals surface area (Å²) in [5, 5.41) is 15.9. The number of H-pyrrole nitrogens is 3. The summed E-state index contributed by atoms with van der Waals surface area (Å²) in [6.07, 6.45) is -0.506. The second kappa shape index (κ2) is 31.8. The fourth-order valence-corrected chi connectivity index (χ4v) is 7.42. The normalized spacial score (nSPS) is 12.5. The first-order chi connectivity index (χ1) is 31.3. The number of rotatable bonds is 21. The second-order valence-electron chi connectivity index (χ2n) is 13.3. The van der Waals surface area contributed by atoms with Crippen molar-refractivity contribution in [2.24, 2.45) is 35.4 Å². The Morgan fingerprint density at radius 3 is 1.12 bits per heavy atom. The van der Waals surface area contributed by atoms with Crippen molar-refractivity contribution < 1.29 is 222 Å². The summed E-state index contributed by atoms with van der Waals surface area (Å²) in [7, 11) is -23.6. The smallest absolute Gasteiger partial charge is 0.748 e. The van der Waals surface area contributed by atoms with Crippen LogP contribution in [0.5, 0.6) is 11.5 Å². The molecule has 0 spiro atoms. The van der Waals surface area contributed by atoms with Gasteiger partial charge in [-0.15, -0.1) is 0 Å². The molecule has 0 aliphatic carbocycles. The van der Waals surface area contributed by atoms with Gasteiger partial charge in [0.05, 0.1) is 88.4 Å². The van der Waals surface area contributed by atoms with E-state index in [1.807, 2.05) is 0 Å². The maximum absolute atomic E-state index is 11.5. The van der Waals surface area contributed by atoms with Crippen molar-refractivity contribution in [1.82, 2.24) is 15.0 Å². The first-order valence-corrected chi connectivity index (χ1v) is 26.2. The van der Waals surface area contributed by atoms with Gasteiger partial charge in [0.1, 0.15) is 43.1 Å². The van der Waals surface area contributed by atoms with E-state index in [4.69, 9.17) is 9.47 Å². The average molecular weight is 1140 g/mol. The van der Waals surface area contributed by atoms with E-state index in [2.05, 4.69) is 50.4 Å². The number of nitrogens with one attached hydrogen (secondary N) is 3.